The molecule has 0 aliphatic rings. The Morgan fingerprint density at radius 2 is 1.88 bits per heavy atom. The lowest BCUT2D eigenvalue weighted by atomic mass is 10.0. The summed E-state index contributed by atoms with van der Waals surface area (Å²) in [6.45, 7) is 1.97. The van der Waals surface area contributed by atoms with Crippen molar-refractivity contribution < 1.29 is 9.84 Å². The lowest BCUT2D eigenvalue weighted by Gasteiger charge is -2.09. The fraction of sp³-hybridized carbons (Fsp3) is 0.143. The number of phenols is 1. The monoisotopic (exact) mass is 229 g/mol. The number of anilines is 1. The van der Waals surface area contributed by atoms with Crippen molar-refractivity contribution in [3.8, 4) is 22.6 Å². The summed E-state index contributed by atoms with van der Waals surface area (Å²) in [4.78, 5) is 0. The number of benzene rings is 2. The van der Waals surface area contributed by atoms with Gasteiger partial charge in [0.05, 0.1) is 7.11 Å². The van der Waals surface area contributed by atoms with Gasteiger partial charge >= 0.3 is 0 Å². The summed E-state index contributed by atoms with van der Waals surface area (Å²) in [5.74, 6) is 1.03. The highest BCUT2D eigenvalue weighted by atomic mass is 16.5. The van der Waals surface area contributed by atoms with Crippen LogP contribution in [0.15, 0.2) is 36.4 Å². The minimum absolute atomic E-state index is 0.189. The van der Waals surface area contributed by atoms with Gasteiger partial charge in [-0.3, -0.25) is 0 Å². The van der Waals surface area contributed by atoms with Gasteiger partial charge in [-0.2, -0.15) is 0 Å². The van der Waals surface area contributed by atoms with Crippen LogP contribution in [0.2, 0.25) is 0 Å². The van der Waals surface area contributed by atoms with Gasteiger partial charge in [0.15, 0.2) is 0 Å². The topological polar surface area (TPSA) is 55.5 Å². The Bertz CT molecular complexity index is 550. The average Bonchev–Trinajstić information content (AvgIpc) is 2.29. The summed E-state index contributed by atoms with van der Waals surface area (Å²) in [7, 11) is 1.64. The van der Waals surface area contributed by atoms with Gasteiger partial charge < -0.3 is 15.6 Å². The van der Waals surface area contributed by atoms with E-state index in [0.717, 1.165) is 22.4 Å². The highest BCUT2D eigenvalue weighted by molar-refractivity contribution is 5.73. The van der Waals surface area contributed by atoms with Crippen LogP contribution in [0, 0.1) is 6.92 Å². The first-order valence-corrected chi connectivity index (χ1v) is 5.35. The van der Waals surface area contributed by atoms with Crippen molar-refractivity contribution in [3.63, 3.8) is 0 Å². The highest BCUT2D eigenvalue weighted by Crippen LogP contribution is 2.33. The number of aromatic hydroxyl groups is 1. The van der Waals surface area contributed by atoms with Gasteiger partial charge in [-0.25, -0.2) is 0 Å². The zero-order valence-corrected chi connectivity index (χ0v) is 9.90. The summed E-state index contributed by atoms with van der Waals surface area (Å²) in [5, 5.41) is 9.85. The van der Waals surface area contributed by atoms with E-state index < -0.39 is 0 Å². The Morgan fingerprint density at radius 1 is 1.12 bits per heavy atom. The molecule has 2 aromatic rings. The maximum absolute atomic E-state index is 9.85. The molecule has 3 heteroatoms. The van der Waals surface area contributed by atoms with E-state index in [0.29, 0.717) is 5.69 Å². The Labute approximate surface area is 100 Å². The van der Waals surface area contributed by atoms with Crippen LogP contribution in [0.4, 0.5) is 5.69 Å². The molecule has 88 valence electrons. The van der Waals surface area contributed by atoms with Gasteiger partial charge in [0.1, 0.15) is 11.5 Å². The second-order valence-electron chi connectivity index (χ2n) is 3.96. The number of hydrogen-bond donors (Lipinski definition) is 2. The van der Waals surface area contributed by atoms with Gasteiger partial charge in [0.2, 0.25) is 0 Å². The Hall–Kier alpha value is -2.16. The van der Waals surface area contributed by atoms with Gasteiger partial charge in [-0.05, 0) is 42.3 Å². The first-order valence-electron chi connectivity index (χ1n) is 5.35. The summed E-state index contributed by atoms with van der Waals surface area (Å²) in [6.07, 6.45) is 0. The lowest BCUT2D eigenvalue weighted by Crippen LogP contribution is -1.89. The normalized spacial score (nSPS) is 10.2. The second-order valence-corrected chi connectivity index (χ2v) is 3.96. The van der Waals surface area contributed by atoms with Crippen LogP contribution >= 0.6 is 0 Å². The van der Waals surface area contributed by atoms with Crippen molar-refractivity contribution in [3.05, 3.63) is 42.0 Å². The molecule has 3 N–H and O–H groups in total. The fourth-order valence-electron chi connectivity index (χ4n) is 1.84. The number of ether oxygens (including phenoxy) is 1. The summed E-state index contributed by atoms with van der Waals surface area (Å²) >= 11 is 0. The van der Waals surface area contributed by atoms with Crippen LogP contribution in [0.1, 0.15) is 5.56 Å². The van der Waals surface area contributed by atoms with Crippen LogP contribution in [-0.4, -0.2) is 12.2 Å². The lowest BCUT2D eigenvalue weighted by molar-refractivity contribution is 0.412. The molecule has 0 bridgehead atoms. The van der Waals surface area contributed by atoms with Gasteiger partial charge in [-0.1, -0.05) is 6.07 Å². The molecular weight excluding hydrogens is 214 g/mol. The third-order valence-electron chi connectivity index (χ3n) is 2.73. The van der Waals surface area contributed by atoms with Crippen LogP contribution < -0.4 is 10.5 Å². The molecule has 3 nitrogen and oxygen atoms in total. The van der Waals surface area contributed by atoms with E-state index in [4.69, 9.17) is 10.5 Å². The number of rotatable bonds is 2. The predicted molar refractivity (Wildman–Crippen MR) is 69.2 cm³/mol. The molecular formula is C14H15NO2. The molecule has 0 radical (unpaired) electrons. The summed E-state index contributed by atoms with van der Waals surface area (Å²) in [5.41, 5.74) is 8.90. The molecule has 0 heterocycles. The van der Waals surface area contributed by atoms with Crippen molar-refractivity contribution in [2.45, 2.75) is 6.92 Å². The zero-order valence-electron chi connectivity index (χ0n) is 9.90. The largest absolute Gasteiger partial charge is 0.507 e. The zero-order chi connectivity index (χ0) is 12.4. The third kappa shape index (κ3) is 2.18. The molecule has 0 saturated carbocycles. The highest BCUT2D eigenvalue weighted by Gasteiger charge is 2.06. The van der Waals surface area contributed by atoms with Gasteiger partial charge in [-0.15, -0.1) is 0 Å². The molecule has 0 aliphatic heterocycles. The Balaban J connectivity index is 2.50. The Kier molecular flexibility index (Phi) is 2.91. The van der Waals surface area contributed by atoms with E-state index in [1.54, 1.807) is 19.2 Å². The summed E-state index contributed by atoms with van der Waals surface area (Å²) < 4.78 is 5.20. The van der Waals surface area contributed by atoms with Crippen molar-refractivity contribution in [1.82, 2.24) is 0 Å². The number of hydrogen-bond acceptors (Lipinski definition) is 3. The molecule has 2 rings (SSSR count). The average molecular weight is 229 g/mol. The first kappa shape index (κ1) is 11.3. The number of nitrogens with two attached hydrogens (primary N) is 1. The molecule has 0 aromatic heterocycles. The molecule has 0 fully saturated rings. The minimum Gasteiger partial charge on any atom is -0.507 e. The van der Waals surface area contributed by atoms with E-state index in [1.807, 2.05) is 31.2 Å². The molecule has 0 saturated heterocycles. The van der Waals surface area contributed by atoms with Crippen LogP contribution in [0.3, 0.4) is 0 Å². The molecule has 17 heavy (non-hydrogen) atoms. The van der Waals surface area contributed by atoms with Gasteiger partial charge in [0.25, 0.3) is 0 Å². The van der Waals surface area contributed by atoms with E-state index >= 15 is 0 Å². The molecule has 0 aliphatic carbocycles. The predicted octanol–water partition coefficient (Wildman–Crippen LogP) is 2.96. The molecule has 0 unspecified atom stereocenters. The SMILES string of the molecule is COc1ccc(-c2ccc(N)cc2O)cc1C. The van der Waals surface area contributed by atoms with Crippen molar-refractivity contribution in [2.24, 2.45) is 0 Å². The summed E-state index contributed by atoms with van der Waals surface area (Å²) in [6, 6.07) is 10.9. The van der Waals surface area contributed by atoms with Crippen LogP contribution in [0.5, 0.6) is 11.5 Å². The number of nitrogen functional groups attached to an aromatic ring is 1. The molecule has 0 spiro atoms. The Morgan fingerprint density at radius 3 is 2.47 bits per heavy atom. The molecule has 2 aromatic carbocycles. The number of aryl methyl sites for hydroxylation is 1. The van der Waals surface area contributed by atoms with Crippen molar-refractivity contribution in [2.75, 3.05) is 12.8 Å². The maximum Gasteiger partial charge on any atom is 0.125 e. The van der Waals surface area contributed by atoms with E-state index in [2.05, 4.69) is 0 Å². The van der Waals surface area contributed by atoms with Gasteiger partial charge in [0, 0.05) is 17.3 Å². The maximum atomic E-state index is 9.85. The van der Waals surface area contributed by atoms with E-state index in [1.165, 1.54) is 0 Å². The second kappa shape index (κ2) is 4.37. The standard InChI is InChI=1S/C14H15NO2/c1-9-7-10(3-6-14(9)17-2)12-5-4-11(15)8-13(12)16/h3-8,16H,15H2,1-2H3. The van der Waals surface area contributed by atoms with E-state index in [9.17, 15) is 5.11 Å². The van der Waals surface area contributed by atoms with Crippen molar-refractivity contribution >= 4 is 5.69 Å². The quantitative estimate of drug-likeness (QED) is 0.778. The number of phenolic OH excluding ortho intramolecular Hbond substituents is 1. The van der Waals surface area contributed by atoms with Crippen molar-refractivity contribution in [1.29, 1.82) is 0 Å². The van der Waals surface area contributed by atoms with E-state index in [-0.39, 0.29) is 5.75 Å². The third-order valence-corrected chi connectivity index (χ3v) is 2.73. The smallest absolute Gasteiger partial charge is 0.125 e. The van der Waals surface area contributed by atoms with Crippen LogP contribution in [-0.2, 0) is 0 Å². The molecule has 0 atom stereocenters. The molecule has 0 amide bonds. The minimum atomic E-state index is 0.189. The number of methoxy groups -OCH3 is 1. The van der Waals surface area contributed by atoms with Crippen LogP contribution in [0.25, 0.3) is 11.1 Å². The first-order chi connectivity index (χ1) is 8.11. The fourth-order valence-corrected chi connectivity index (χ4v) is 1.84.